The summed E-state index contributed by atoms with van der Waals surface area (Å²) in [5, 5.41) is 2.61. The van der Waals surface area contributed by atoms with Crippen molar-refractivity contribution in [3.05, 3.63) is 89.5 Å². The highest BCUT2D eigenvalue weighted by atomic mass is 32.2. The average molecular weight is 500 g/mol. The first-order valence-electron chi connectivity index (χ1n) is 10.6. The quantitative estimate of drug-likeness (QED) is 0.562. The Morgan fingerprint density at radius 1 is 0.882 bits per heavy atom. The Morgan fingerprint density at radius 2 is 1.56 bits per heavy atom. The molecule has 0 radical (unpaired) electrons. The summed E-state index contributed by atoms with van der Waals surface area (Å²) >= 11 is 0. The maximum atomic E-state index is 13.3. The Kier molecular flexibility index (Phi) is 6.59. The van der Waals surface area contributed by atoms with Gasteiger partial charge in [0.05, 0.1) is 10.6 Å². The van der Waals surface area contributed by atoms with E-state index in [0.29, 0.717) is 13.0 Å². The van der Waals surface area contributed by atoms with Gasteiger partial charge in [0, 0.05) is 32.7 Å². The van der Waals surface area contributed by atoms with Crippen LogP contribution in [0.15, 0.2) is 82.6 Å². The van der Waals surface area contributed by atoms with Crippen molar-refractivity contribution < 1.29 is 21.6 Å². The molecule has 1 N–H and O–H groups in total. The van der Waals surface area contributed by atoms with E-state index in [9.17, 15) is 21.6 Å². The zero-order valence-corrected chi connectivity index (χ0v) is 20.4. The van der Waals surface area contributed by atoms with E-state index in [-0.39, 0.29) is 27.6 Å². The number of rotatable bonds is 6. The van der Waals surface area contributed by atoms with Crippen LogP contribution in [-0.2, 0) is 33.0 Å². The predicted octanol–water partition coefficient (Wildman–Crippen LogP) is 2.94. The fourth-order valence-electron chi connectivity index (χ4n) is 3.81. The molecule has 0 aromatic heterocycles. The highest BCUT2D eigenvalue weighted by Crippen LogP contribution is 2.27. The van der Waals surface area contributed by atoms with E-state index in [4.69, 9.17) is 0 Å². The summed E-state index contributed by atoms with van der Waals surface area (Å²) in [6.45, 7) is 0.621. The third kappa shape index (κ3) is 4.62. The smallest absolute Gasteiger partial charge is 0.255 e. The van der Waals surface area contributed by atoms with Crippen molar-refractivity contribution in [1.29, 1.82) is 0 Å². The first-order valence-corrected chi connectivity index (χ1v) is 13.5. The zero-order valence-electron chi connectivity index (χ0n) is 18.8. The summed E-state index contributed by atoms with van der Waals surface area (Å²) in [6.07, 6.45) is 0.618. The molecule has 10 heteroatoms. The van der Waals surface area contributed by atoms with Gasteiger partial charge in [-0.25, -0.2) is 21.1 Å². The van der Waals surface area contributed by atoms with Crippen LogP contribution < -0.4 is 5.32 Å². The maximum Gasteiger partial charge on any atom is 0.255 e. The molecule has 34 heavy (non-hydrogen) atoms. The summed E-state index contributed by atoms with van der Waals surface area (Å²) in [5.41, 5.74) is 2.32. The number of hydrogen-bond acceptors (Lipinski definition) is 5. The molecule has 1 heterocycles. The van der Waals surface area contributed by atoms with Gasteiger partial charge in [0.2, 0.25) is 20.0 Å². The van der Waals surface area contributed by atoms with Gasteiger partial charge in [-0.15, -0.1) is 0 Å². The summed E-state index contributed by atoms with van der Waals surface area (Å²) in [5.74, 6) is -0.609. The number of nitrogens with zero attached hydrogens (tertiary/aromatic N) is 2. The lowest BCUT2D eigenvalue weighted by Crippen LogP contribution is -2.36. The number of carbonyl (C=O) groups excluding carboxylic acids is 1. The summed E-state index contributed by atoms with van der Waals surface area (Å²) in [4.78, 5) is 12.9. The van der Waals surface area contributed by atoms with Crippen molar-refractivity contribution in [2.24, 2.45) is 0 Å². The summed E-state index contributed by atoms with van der Waals surface area (Å²) in [6, 6.07) is 19.6. The molecule has 178 valence electrons. The van der Waals surface area contributed by atoms with E-state index in [1.165, 1.54) is 54.8 Å². The largest absolute Gasteiger partial charge is 0.321 e. The Balaban J connectivity index is 1.60. The number of benzene rings is 3. The van der Waals surface area contributed by atoms with Gasteiger partial charge in [-0.1, -0.05) is 42.5 Å². The van der Waals surface area contributed by atoms with Crippen LogP contribution in [0.5, 0.6) is 0 Å². The van der Waals surface area contributed by atoms with E-state index in [2.05, 4.69) is 5.32 Å². The molecule has 4 rings (SSSR count). The molecule has 8 nitrogen and oxygen atoms in total. The highest BCUT2D eigenvalue weighted by molar-refractivity contribution is 7.89. The van der Waals surface area contributed by atoms with Crippen molar-refractivity contribution in [3.63, 3.8) is 0 Å². The van der Waals surface area contributed by atoms with Crippen molar-refractivity contribution in [2.45, 2.75) is 22.8 Å². The maximum absolute atomic E-state index is 13.3. The van der Waals surface area contributed by atoms with Gasteiger partial charge in [0.25, 0.3) is 5.91 Å². The Morgan fingerprint density at radius 3 is 2.29 bits per heavy atom. The molecule has 1 aliphatic heterocycles. The topological polar surface area (TPSA) is 104 Å². The number of para-hydroxylation sites is 1. The predicted molar refractivity (Wildman–Crippen MR) is 129 cm³/mol. The fourth-order valence-corrected chi connectivity index (χ4v) is 6.31. The minimum atomic E-state index is -3.83. The number of sulfonamides is 2. The molecule has 0 saturated carbocycles. The molecular formula is C24H25N3O5S2. The van der Waals surface area contributed by atoms with E-state index in [1.807, 2.05) is 24.3 Å². The molecule has 0 unspecified atom stereocenters. The zero-order chi connectivity index (χ0) is 24.5. The van der Waals surface area contributed by atoms with Gasteiger partial charge in [0.15, 0.2) is 0 Å². The number of amides is 1. The summed E-state index contributed by atoms with van der Waals surface area (Å²) in [7, 11) is -4.81. The van der Waals surface area contributed by atoms with Gasteiger partial charge in [0.1, 0.15) is 4.90 Å². The van der Waals surface area contributed by atoms with E-state index in [1.54, 1.807) is 12.1 Å². The SMILES string of the molecule is CN(C)S(=O)(=O)c1ccccc1NC(=O)c1cccc(S(=O)(=O)N2CCc3ccccc3C2)c1. The van der Waals surface area contributed by atoms with Gasteiger partial charge >= 0.3 is 0 Å². The Hall–Kier alpha value is -3.05. The molecule has 1 amide bonds. The van der Waals surface area contributed by atoms with Crippen LogP contribution in [0.25, 0.3) is 0 Å². The van der Waals surface area contributed by atoms with Crippen LogP contribution in [0.3, 0.4) is 0 Å². The van der Waals surface area contributed by atoms with Crippen molar-refractivity contribution in [1.82, 2.24) is 8.61 Å². The Labute approximate surface area is 199 Å². The second-order valence-electron chi connectivity index (χ2n) is 8.12. The third-order valence-electron chi connectivity index (χ3n) is 5.72. The molecular weight excluding hydrogens is 474 g/mol. The molecule has 0 fully saturated rings. The minimum absolute atomic E-state index is 0.00808. The molecule has 0 saturated heterocycles. The lowest BCUT2D eigenvalue weighted by molar-refractivity contribution is 0.102. The molecule has 1 aliphatic rings. The standard InChI is InChI=1S/C24H25N3O5S2/c1-26(2)34(31,32)23-13-6-5-12-22(23)25-24(28)19-10-7-11-21(16-19)33(29,30)27-15-14-18-8-3-4-9-20(18)17-27/h3-13,16H,14-15,17H2,1-2H3,(H,25,28). The number of fused-ring (bicyclic) bond motifs is 1. The second-order valence-corrected chi connectivity index (χ2v) is 12.2. The number of nitrogens with one attached hydrogen (secondary N) is 1. The summed E-state index contributed by atoms with van der Waals surface area (Å²) < 4.78 is 54.3. The van der Waals surface area contributed by atoms with Crippen molar-refractivity contribution >= 4 is 31.6 Å². The highest BCUT2D eigenvalue weighted by Gasteiger charge is 2.29. The molecule has 0 spiro atoms. The van der Waals surface area contributed by atoms with E-state index < -0.39 is 26.0 Å². The van der Waals surface area contributed by atoms with Gasteiger partial charge in [-0.05, 0) is 47.9 Å². The van der Waals surface area contributed by atoms with Crippen LogP contribution in [0.1, 0.15) is 21.5 Å². The third-order valence-corrected chi connectivity index (χ3v) is 9.44. The first kappa shape index (κ1) is 24.1. The first-order chi connectivity index (χ1) is 16.1. The molecule has 0 aliphatic carbocycles. The molecule has 0 bridgehead atoms. The Bertz CT molecular complexity index is 1450. The van der Waals surface area contributed by atoms with E-state index in [0.717, 1.165) is 15.4 Å². The van der Waals surface area contributed by atoms with Gasteiger partial charge in [-0.2, -0.15) is 4.31 Å². The van der Waals surface area contributed by atoms with Gasteiger partial charge in [-0.3, -0.25) is 4.79 Å². The molecule has 3 aromatic carbocycles. The fraction of sp³-hybridized carbons (Fsp3) is 0.208. The lowest BCUT2D eigenvalue weighted by Gasteiger charge is -2.28. The monoisotopic (exact) mass is 499 g/mol. The number of anilines is 1. The van der Waals surface area contributed by atoms with E-state index >= 15 is 0 Å². The lowest BCUT2D eigenvalue weighted by atomic mass is 10.0. The van der Waals surface area contributed by atoms with Gasteiger partial charge < -0.3 is 5.32 Å². The number of hydrogen-bond donors (Lipinski definition) is 1. The minimum Gasteiger partial charge on any atom is -0.321 e. The molecule has 3 aromatic rings. The average Bonchev–Trinajstić information content (AvgIpc) is 2.84. The second kappa shape index (κ2) is 9.30. The van der Waals surface area contributed by atoms with Crippen LogP contribution in [-0.4, -0.2) is 52.0 Å². The van der Waals surface area contributed by atoms with Crippen LogP contribution in [0.2, 0.25) is 0 Å². The van der Waals surface area contributed by atoms with Crippen molar-refractivity contribution in [3.8, 4) is 0 Å². The normalized spacial score (nSPS) is 14.6. The molecule has 0 atom stereocenters. The van der Waals surface area contributed by atoms with Crippen molar-refractivity contribution in [2.75, 3.05) is 26.0 Å². The van der Waals surface area contributed by atoms with Crippen LogP contribution in [0, 0.1) is 0 Å². The van der Waals surface area contributed by atoms with Crippen LogP contribution in [0.4, 0.5) is 5.69 Å². The number of carbonyl (C=O) groups is 1. The van der Waals surface area contributed by atoms with Crippen LogP contribution >= 0.6 is 0 Å².